The first-order chi connectivity index (χ1) is 18.4. The van der Waals surface area contributed by atoms with Crippen molar-refractivity contribution in [3.05, 3.63) is 61.1 Å². The Morgan fingerprint density at radius 2 is 1.84 bits per heavy atom. The average Bonchev–Trinajstić information content (AvgIpc) is 3.27. The SMILES string of the molecule is C=CNC(=C)CCN(C)c1nn(C)c2cc(C3CCN(CC4CCN(C(=C)CCNC)CC4)CC3)ccc12. The van der Waals surface area contributed by atoms with Crippen molar-refractivity contribution in [2.45, 2.75) is 44.4 Å². The minimum absolute atomic E-state index is 0.636. The Kier molecular flexibility index (Phi) is 9.91. The van der Waals surface area contributed by atoms with Gasteiger partial charge in [-0.1, -0.05) is 25.8 Å². The van der Waals surface area contributed by atoms with E-state index < -0.39 is 0 Å². The van der Waals surface area contributed by atoms with Crippen molar-refractivity contribution < 1.29 is 0 Å². The third kappa shape index (κ3) is 7.00. The monoisotopic (exact) mass is 519 g/mol. The molecule has 7 heteroatoms. The summed E-state index contributed by atoms with van der Waals surface area (Å²) < 4.78 is 2.04. The van der Waals surface area contributed by atoms with Gasteiger partial charge in [0.25, 0.3) is 0 Å². The lowest BCUT2D eigenvalue weighted by Gasteiger charge is -2.39. The molecule has 4 rings (SSSR count). The number of benzene rings is 1. The average molecular weight is 520 g/mol. The number of rotatable bonds is 13. The Balaban J connectivity index is 1.28. The van der Waals surface area contributed by atoms with Gasteiger partial charge in [-0.15, -0.1) is 0 Å². The molecule has 1 aromatic heterocycles. The molecule has 0 saturated carbocycles. The van der Waals surface area contributed by atoms with Gasteiger partial charge in [-0.3, -0.25) is 4.68 Å². The Morgan fingerprint density at radius 1 is 1.11 bits per heavy atom. The summed E-state index contributed by atoms with van der Waals surface area (Å²) in [5, 5.41) is 12.4. The molecule has 0 radical (unpaired) electrons. The summed E-state index contributed by atoms with van der Waals surface area (Å²) in [6.45, 7) is 20.0. The van der Waals surface area contributed by atoms with Crippen LogP contribution in [0.5, 0.6) is 0 Å². The van der Waals surface area contributed by atoms with Crippen LogP contribution in [0.25, 0.3) is 10.9 Å². The standard InChI is InChI=1S/C31H49N7/c1-7-33-24(2)11-17-35(5)31-29-9-8-28(22-30(29)36(6)34-31)27-14-18-37(19-15-27)23-26-12-20-38(21-13-26)25(3)10-16-32-4/h7-9,22,26-27,32-33H,1-3,10-21,23H2,4-6H3. The van der Waals surface area contributed by atoms with E-state index in [4.69, 9.17) is 5.10 Å². The lowest BCUT2D eigenvalue weighted by Crippen LogP contribution is -2.41. The normalized spacial score (nSPS) is 17.6. The molecule has 2 aromatic rings. The highest BCUT2D eigenvalue weighted by molar-refractivity contribution is 5.91. The molecular formula is C31H49N7. The Morgan fingerprint density at radius 3 is 2.53 bits per heavy atom. The minimum atomic E-state index is 0.636. The number of aryl methyl sites for hydroxylation is 1. The Labute approximate surface area is 230 Å². The molecule has 2 fully saturated rings. The second-order valence-electron chi connectivity index (χ2n) is 11.3. The maximum Gasteiger partial charge on any atom is 0.158 e. The molecule has 2 aliphatic rings. The van der Waals surface area contributed by atoms with Gasteiger partial charge in [-0.05, 0) is 88.0 Å². The first-order valence-corrected chi connectivity index (χ1v) is 14.4. The number of hydrogen-bond donors (Lipinski definition) is 2. The molecule has 2 aliphatic heterocycles. The molecule has 1 aromatic carbocycles. The van der Waals surface area contributed by atoms with Gasteiger partial charge in [-0.25, -0.2) is 0 Å². The maximum atomic E-state index is 4.86. The summed E-state index contributed by atoms with van der Waals surface area (Å²) in [5.74, 6) is 2.50. The van der Waals surface area contributed by atoms with Gasteiger partial charge in [0.2, 0.25) is 0 Å². The predicted octanol–water partition coefficient (Wildman–Crippen LogP) is 4.66. The molecule has 0 spiro atoms. The van der Waals surface area contributed by atoms with Gasteiger partial charge >= 0.3 is 0 Å². The number of piperidine rings is 2. The van der Waals surface area contributed by atoms with E-state index in [0.717, 1.165) is 43.4 Å². The van der Waals surface area contributed by atoms with Crippen LogP contribution in [0.15, 0.2) is 55.5 Å². The third-order valence-corrected chi connectivity index (χ3v) is 8.57. The van der Waals surface area contributed by atoms with E-state index in [9.17, 15) is 0 Å². The van der Waals surface area contributed by atoms with E-state index in [0.29, 0.717) is 5.92 Å². The zero-order chi connectivity index (χ0) is 27.1. The quantitative estimate of drug-likeness (QED) is 0.402. The number of nitrogens with one attached hydrogen (secondary N) is 2. The molecule has 0 bridgehead atoms. The second kappa shape index (κ2) is 13.3. The zero-order valence-corrected chi connectivity index (χ0v) is 24.0. The van der Waals surface area contributed by atoms with Crippen molar-refractivity contribution in [1.82, 2.24) is 30.2 Å². The maximum absolute atomic E-state index is 4.86. The highest BCUT2D eigenvalue weighted by Crippen LogP contribution is 2.33. The topological polar surface area (TPSA) is 51.6 Å². The fourth-order valence-electron chi connectivity index (χ4n) is 6.09. The molecule has 38 heavy (non-hydrogen) atoms. The van der Waals surface area contributed by atoms with Crippen molar-refractivity contribution in [2.24, 2.45) is 13.0 Å². The van der Waals surface area contributed by atoms with Crippen LogP contribution in [0.4, 0.5) is 5.82 Å². The van der Waals surface area contributed by atoms with Crippen LogP contribution < -0.4 is 15.5 Å². The largest absolute Gasteiger partial charge is 0.375 e. The van der Waals surface area contributed by atoms with Gasteiger partial charge < -0.3 is 25.3 Å². The smallest absolute Gasteiger partial charge is 0.158 e. The number of aromatic nitrogens is 2. The summed E-state index contributed by atoms with van der Waals surface area (Å²) in [6.07, 6.45) is 8.67. The lowest BCUT2D eigenvalue weighted by atomic mass is 9.88. The Hall–Kier alpha value is -2.77. The molecule has 2 saturated heterocycles. The number of fused-ring (bicyclic) bond motifs is 1. The highest BCUT2D eigenvalue weighted by atomic mass is 15.3. The van der Waals surface area contributed by atoms with Crippen LogP contribution in [0.2, 0.25) is 0 Å². The number of nitrogens with zero attached hydrogens (tertiary/aromatic N) is 5. The molecular weight excluding hydrogens is 470 g/mol. The van der Waals surface area contributed by atoms with Gasteiger partial charge in [0.1, 0.15) is 0 Å². The molecule has 0 amide bonds. The van der Waals surface area contributed by atoms with Gasteiger partial charge in [0.15, 0.2) is 5.82 Å². The zero-order valence-electron chi connectivity index (χ0n) is 24.0. The van der Waals surface area contributed by atoms with Crippen molar-refractivity contribution in [3.8, 4) is 0 Å². The second-order valence-corrected chi connectivity index (χ2v) is 11.3. The third-order valence-electron chi connectivity index (χ3n) is 8.57. The summed E-state index contributed by atoms with van der Waals surface area (Å²) >= 11 is 0. The summed E-state index contributed by atoms with van der Waals surface area (Å²) in [6, 6.07) is 7.01. The molecule has 3 heterocycles. The van der Waals surface area contributed by atoms with E-state index in [1.807, 2.05) is 11.7 Å². The van der Waals surface area contributed by atoms with E-state index in [-0.39, 0.29) is 0 Å². The molecule has 208 valence electrons. The molecule has 2 N–H and O–H groups in total. The summed E-state index contributed by atoms with van der Waals surface area (Å²) in [4.78, 5) is 7.45. The number of likely N-dealkylation sites (tertiary alicyclic amines) is 2. The number of anilines is 1. The fraction of sp³-hybridized carbons (Fsp3) is 0.581. The van der Waals surface area contributed by atoms with Crippen molar-refractivity contribution in [2.75, 3.05) is 64.8 Å². The van der Waals surface area contributed by atoms with Crippen LogP contribution in [-0.2, 0) is 7.05 Å². The van der Waals surface area contributed by atoms with Crippen molar-refractivity contribution in [3.63, 3.8) is 0 Å². The van der Waals surface area contributed by atoms with Crippen molar-refractivity contribution >= 4 is 16.7 Å². The molecule has 0 unspecified atom stereocenters. The van der Waals surface area contributed by atoms with E-state index in [1.54, 1.807) is 6.20 Å². The lowest BCUT2D eigenvalue weighted by molar-refractivity contribution is 0.140. The minimum Gasteiger partial charge on any atom is -0.375 e. The van der Waals surface area contributed by atoms with Crippen LogP contribution in [-0.4, -0.2) is 79.5 Å². The predicted molar refractivity (Wildman–Crippen MR) is 161 cm³/mol. The van der Waals surface area contributed by atoms with Crippen LogP contribution >= 0.6 is 0 Å². The molecule has 7 nitrogen and oxygen atoms in total. The van der Waals surface area contributed by atoms with E-state index in [2.05, 4.69) is 77.4 Å². The molecule has 0 aliphatic carbocycles. The summed E-state index contributed by atoms with van der Waals surface area (Å²) in [5.41, 5.74) is 4.95. The first-order valence-electron chi connectivity index (χ1n) is 14.4. The Bertz CT molecular complexity index is 1090. The van der Waals surface area contributed by atoms with Gasteiger partial charge in [0, 0.05) is 70.0 Å². The van der Waals surface area contributed by atoms with E-state index in [1.165, 1.54) is 80.6 Å². The highest BCUT2D eigenvalue weighted by Gasteiger charge is 2.26. The van der Waals surface area contributed by atoms with E-state index >= 15 is 0 Å². The first kappa shape index (κ1) is 28.2. The van der Waals surface area contributed by atoms with Crippen LogP contribution in [0, 0.1) is 5.92 Å². The summed E-state index contributed by atoms with van der Waals surface area (Å²) in [7, 11) is 6.18. The van der Waals surface area contributed by atoms with Crippen molar-refractivity contribution in [1.29, 1.82) is 0 Å². The number of hydrogen-bond acceptors (Lipinski definition) is 6. The van der Waals surface area contributed by atoms with Crippen LogP contribution in [0.1, 0.15) is 50.0 Å². The van der Waals surface area contributed by atoms with Gasteiger partial charge in [0.05, 0.1) is 5.52 Å². The molecule has 0 atom stereocenters. The fourth-order valence-corrected chi connectivity index (χ4v) is 6.09. The van der Waals surface area contributed by atoms with Gasteiger partial charge in [-0.2, -0.15) is 5.10 Å². The van der Waals surface area contributed by atoms with Crippen LogP contribution in [0.3, 0.4) is 0 Å².